The maximum atomic E-state index is 13.0. The summed E-state index contributed by atoms with van der Waals surface area (Å²) in [5, 5.41) is 0.852. The van der Waals surface area contributed by atoms with Gasteiger partial charge in [-0.15, -0.1) is 11.6 Å². The zero-order valence-electron chi connectivity index (χ0n) is 10.1. The van der Waals surface area contributed by atoms with Crippen molar-refractivity contribution in [3.8, 4) is 0 Å². The number of alkyl halides is 1. The third kappa shape index (κ3) is 2.38. The minimum absolute atomic E-state index is 0.272. The fourth-order valence-electron chi connectivity index (χ4n) is 3.31. The van der Waals surface area contributed by atoms with Crippen LogP contribution in [0.5, 0.6) is 0 Å². The molecule has 2 unspecified atom stereocenters. The van der Waals surface area contributed by atoms with E-state index in [2.05, 4.69) is 4.90 Å². The van der Waals surface area contributed by atoms with Gasteiger partial charge in [-0.05, 0) is 43.4 Å². The van der Waals surface area contributed by atoms with Crippen LogP contribution in [0.3, 0.4) is 0 Å². The summed E-state index contributed by atoms with van der Waals surface area (Å²) >= 11 is 12.4. The topological polar surface area (TPSA) is 3.24 Å². The number of nitrogens with zero attached hydrogens (tertiary/aromatic N) is 1. The van der Waals surface area contributed by atoms with Gasteiger partial charge in [0.2, 0.25) is 0 Å². The zero-order chi connectivity index (χ0) is 12.7. The van der Waals surface area contributed by atoms with Crippen molar-refractivity contribution in [2.24, 2.45) is 0 Å². The molecule has 2 aliphatic heterocycles. The van der Waals surface area contributed by atoms with Crippen LogP contribution >= 0.6 is 23.2 Å². The molecule has 0 aliphatic carbocycles. The summed E-state index contributed by atoms with van der Waals surface area (Å²) in [6, 6.07) is 5.83. The highest BCUT2D eigenvalue weighted by Gasteiger charge is 2.39. The molecule has 1 aromatic carbocycles. The van der Waals surface area contributed by atoms with Gasteiger partial charge in [0.1, 0.15) is 5.82 Å². The lowest BCUT2D eigenvalue weighted by molar-refractivity contribution is 0.134. The summed E-state index contributed by atoms with van der Waals surface area (Å²) in [7, 11) is 0. The van der Waals surface area contributed by atoms with Crippen molar-refractivity contribution in [1.82, 2.24) is 4.90 Å². The third-order valence-electron chi connectivity index (χ3n) is 4.19. The maximum Gasteiger partial charge on any atom is 0.124 e. The number of halogens is 3. The Hall–Kier alpha value is -0.310. The minimum atomic E-state index is -0.272. The summed E-state index contributed by atoms with van der Waals surface area (Å²) < 4.78 is 13.0. The summed E-state index contributed by atoms with van der Waals surface area (Å²) in [4.78, 5) is 2.50. The Morgan fingerprint density at radius 1 is 1.22 bits per heavy atom. The maximum absolute atomic E-state index is 13.0. The van der Waals surface area contributed by atoms with Gasteiger partial charge in [-0.25, -0.2) is 4.39 Å². The number of benzene rings is 1. The molecule has 1 aromatic rings. The van der Waals surface area contributed by atoms with Crippen LogP contribution in [0.15, 0.2) is 18.2 Å². The lowest BCUT2D eigenvalue weighted by Gasteiger charge is -2.37. The SMILES string of the molecule is Fc1ccc(CN2C3CCC2CC(Cl)C3)c(Cl)c1. The average Bonchev–Trinajstić information content (AvgIpc) is 2.56. The monoisotopic (exact) mass is 287 g/mol. The summed E-state index contributed by atoms with van der Waals surface area (Å²) in [5.41, 5.74) is 1.02. The molecule has 0 amide bonds. The second-order valence-corrected chi connectivity index (χ2v) is 6.39. The number of rotatable bonds is 2. The first-order valence-electron chi connectivity index (χ1n) is 6.47. The fourth-order valence-corrected chi connectivity index (χ4v) is 3.95. The largest absolute Gasteiger partial charge is 0.293 e. The lowest BCUT2D eigenvalue weighted by Crippen LogP contribution is -2.42. The van der Waals surface area contributed by atoms with Crippen LogP contribution in [0.4, 0.5) is 4.39 Å². The Bertz CT molecular complexity index is 437. The van der Waals surface area contributed by atoms with Crippen LogP contribution in [0.2, 0.25) is 5.02 Å². The van der Waals surface area contributed by atoms with E-state index in [4.69, 9.17) is 23.2 Å². The first-order chi connectivity index (χ1) is 8.63. The molecule has 0 saturated carbocycles. The molecule has 2 saturated heterocycles. The van der Waals surface area contributed by atoms with E-state index in [1.54, 1.807) is 6.07 Å². The molecule has 0 spiro atoms. The number of hydrogen-bond acceptors (Lipinski definition) is 1. The number of hydrogen-bond donors (Lipinski definition) is 0. The van der Waals surface area contributed by atoms with Gasteiger partial charge in [-0.1, -0.05) is 17.7 Å². The van der Waals surface area contributed by atoms with E-state index >= 15 is 0 Å². The second-order valence-electron chi connectivity index (χ2n) is 5.36. The Kier molecular flexibility index (Phi) is 3.52. The molecule has 0 N–H and O–H groups in total. The van der Waals surface area contributed by atoms with Gasteiger partial charge in [0, 0.05) is 29.0 Å². The fraction of sp³-hybridized carbons (Fsp3) is 0.571. The Balaban J connectivity index is 1.77. The molecule has 2 fully saturated rings. The summed E-state index contributed by atoms with van der Waals surface area (Å²) in [6.07, 6.45) is 4.59. The minimum Gasteiger partial charge on any atom is -0.293 e. The van der Waals surface area contributed by atoms with Crippen LogP contribution in [-0.4, -0.2) is 22.4 Å². The van der Waals surface area contributed by atoms with E-state index < -0.39 is 0 Å². The van der Waals surface area contributed by atoms with E-state index in [0.717, 1.165) is 24.9 Å². The smallest absolute Gasteiger partial charge is 0.124 e. The molecule has 0 radical (unpaired) electrons. The van der Waals surface area contributed by atoms with E-state index in [1.807, 2.05) is 0 Å². The third-order valence-corrected chi connectivity index (χ3v) is 4.90. The molecular weight excluding hydrogens is 272 g/mol. The van der Waals surface area contributed by atoms with Crippen LogP contribution in [0.1, 0.15) is 31.2 Å². The quantitative estimate of drug-likeness (QED) is 0.737. The van der Waals surface area contributed by atoms with Crippen molar-refractivity contribution < 1.29 is 4.39 Å². The predicted octanol–water partition coefficient (Wildman–Crippen LogP) is 4.21. The first kappa shape index (κ1) is 12.7. The highest BCUT2D eigenvalue weighted by Crippen LogP contribution is 2.39. The Labute approximate surface area is 117 Å². The lowest BCUT2D eigenvalue weighted by atomic mass is 10.0. The summed E-state index contributed by atoms with van der Waals surface area (Å²) in [6.45, 7) is 0.818. The van der Waals surface area contributed by atoms with Gasteiger partial charge < -0.3 is 0 Å². The Morgan fingerprint density at radius 3 is 2.50 bits per heavy atom. The van der Waals surface area contributed by atoms with Gasteiger partial charge in [0.15, 0.2) is 0 Å². The predicted molar refractivity (Wildman–Crippen MR) is 72.6 cm³/mol. The van der Waals surface area contributed by atoms with Gasteiger partial charge in [0.05, 0.1) is 0 Å². The molecule has 3 rings (SSSR count). The normalized spacial score (nSPS) is 31.8. The van der Waals surface area contributed by atoms with Crippen molar-refractivity contribution in [3.05, 3.63) is 34.6 Å². The molecule has 2 atom stereocenters. The Morgan fingerprint density at radius 2 is 1.89 bits per heavy atom. The van der Waals surface area contributed by atoms with Crippen molar-refractivity contribution >= 4 is 23.2 Å². The van der Waals surface area contributed by atoms with E-state index in [1.165, 1.54) is 25.0 Å². The van der Waals surface area contributed by atoms with Crippen LogP contribution in [0.25, 0.3) is 0 Å². The van der Waals surface area contributed by atoms with Crippen molar-refractivity contribution in [3.63, 3.8) is 0 Å². The standard InChI is InChI=1S/C14H16Cl2FN/c15-10-5-12-3-4-13(6-10)18(12)8-9-1-2-11(17)7-14(9)16/h1-2,7,10,12-13H,3-6,8H2. The molecule has 2 aliphatic rings. The zero-order valence-corrected chi connectivity index (χ0v) is 11.6. The molecular formula is C14H16Cl2FN. The highest BCUT2D eigenvalue weighted by atomic mass is 35.5. The van der Waals surface area contributed by atoms with Gasteiger partial charge in [-0.3, -0.25) is 4.90 Å². The van der Waals surface area contributed by atoms with Gasteiger partial charge in [0.25, 0.3) is 0 Å². The van der Waals surface area contributed by atoms with Crippen molar-refractivity contribution in [2.75, 3.05) is 0 Å². The molecule has 0 aromatic heterocycles. The average molecular weight is 288 g/mol. The van der Waals surface area contributed by atoms with Crippen LogP contribution < -0.4 is 0 Å². The first-order valence-corrected chi connectivity index (χ1v) is 7.28. The van der Waals surface area contributed by atoms with Crippen molar-refractivity contribution in [2.45, 2.75) is 49.7 Å². The number of fused-ring (bicyclic) bond motifs is 2. The molecule has 2 bridgehead atoms. The molecule has 98 valence electrons. The number of piperidine rings is 1. The van der Waals surface area contributed by atoms with E-state index in [-0.39, 0.29) is 5.82 Å². The molecule has 1 nitrogen and oxygen atoms in total. The van der Waals surface area contributed by atoms with Crippen LogP contribution in [0, 0.1) is 5.82 Å². The molecule has 18 heavy (non-hydrogen) atoms. The van der Waals surface area contributed by atoms with E-state index in [0.29, 0.717) is 22.5 Å². The van der Waals surface area contributed by atoms with Gasteiger partial charge in [-0.2, -0.15) is 0 Å². The molecule has 4 heteroatoms. The van der Waals surface area contributed by atoms with Gasteiger partial charge >= 0.3 is 0 Å². The van der Waals surface area contributed by atoms with Crippen molar-refractivity contribution in [1.29, 1.82) is 0 Å². The summed E-state index contributed by atoms with van der Waals surface area (Å²) in [5.74, 6) is -0.272. The highest BCUT2D eigenvalue weighted by molar-refractivity contribution is 6.31. The van der Waals surface area contributed by atoms with E-state index in [9.17, 15) is 4.39 Å². The second kappa shape index (κ2) is 4.99. The van der Waals surface area contributed by atoms with Crippen LogP contribution in [-0.2, 0) is 6.54 Å². The molecule has 2 heterocycles.